The number of nitrogens with one attached hydrogen (secondary N) is 1. The van der Waals surface area contributed by atoms with Crippen molar-refractivity contribution >= 4 is 17.7 Å². The van der Waals surface area contributed by atoms with Gasteiger partial charge >= 0.3 is 5.97 Å². The maximum atomic E-state index is 10.9. The number of benzene rings is 1. The summed E-state index contributed by atoms with van der Waals surface area (Å²) in [6.45, 7) is 0. The fraction of sp³-hybridized carbons (Fsp3) is 0.0667. The molecule has 1 aromatic carbocycles. The van der Waals surface area contributed by atoms with Gasteiger partial charge in [0.05, 0.1) is 5.56 Å². The van der Waals surface area contributed by atoms with Gasteiger partial charge in [0, 0.05) is 11.9 Å². The number of hydrogen-bond acceptors (Lipinski definition) is 5. The van der Waals surface area contributed by atoms with E-state index in [0.717, 1.165) is 11.3 Å². The first-order valence-electron chi connectivity index (χ1n) is 6.51. The van der Waals surface area contributed by atoms with Crippen molar-refractivity contribution in [3.63, 3.8) is 0 Å². The highest BCUT2D eigenvalue weighted by molar-refractivity contribution is 7.98. The van der Waals surface area contributed by atoms with E-state index in [2.05, 4.69) is 20.2 Å². The molecule has 2 heterocycles. The Labute approximate surface area is 130 Å². The summed E-state index contributed by atoms with van der Waals surface area (Å²) in [5, 5.41) is 16.6. The number of rotatable bonds is 5. The van der Waals surface area contributed by atoms with Crippen LogP contribution in [-0.2, 0) is 5.75 Å². The number of aromatic carboxylic acids is 1. The molecule has 2 N–H and O–H groups in total. The molecule has 0 amide bonds. The fourth-order valence-electron chi connectivity index (χ4n) is 1.87. The van der Waals surface area contributed by atoms with Crippen LogP contribution in [0.15, 0.2) is 53.8 Å². The van der Waals surface area contributed by atoms with Crippen LogP contribution in [0.2, 0.25) is 0 Å². The van der Waals surface area contributed by atoms with Gasteiger partial charge in [-0.25, -0.2) is 4.79 Å². The lowest BCUT2D eigenvalue weighted by Gasteiger charge is -2.00. The van der Waals surface area contributed by atoms with E-state index in [4.69, 9.17) is 5.11 Å². The number of carbonyl (C=O) groups is 1. The van der Waals surface area contributed by atoms with Crippen molar-refractivity contribution in [1.29, 1.82) is 0 Å². The molecule has 0 spiro atoms. The van der Waals surface area contributed by atoms with Gasteiger partial charge < -0.3 is 5.11 Å². The summed E-state index contributed by atoms with van der Waals surface area (Å²) in [6.07, 6.45) is 1.70. The minimum absolute atomic E-state index is 0.280. The van der Waals surface area contributed by atoms with E-state index in [1.165, 1.54) is 11.8 Å². The third kappa shape index (κ3) is 3.32. The Bertz CT molecular complexity index is 789. The first kappa shape index (κ1) is 14.3. The monoisotopic (exact) mass is 312 g/mol. The zero-order chi connectivity index (χ0) is 15.4. The molecule has 0 aliphatic carbocycles. The van der Waals surface area contributed by atoms with Crippen molar-refractivity contribution in [3.05, 3.63) is 59.8 Å². The lowest BCUT2D eigenvalue weighted by molar-refractivity contribution is 0.0697. The van der Waals surface area contributed by atoms with Crippen molar-refractivity contribution < 1.29 is 9.90 Å². The Morgan fingerprint density at radius 2 is 2.14 bits per heavy atom. The summed E-state index contributed by atoms with van der Waals surface area (Å²) >= 11 is 1.44. The molecule has 0 aliphatic rings. The van der Waals surface area contributed by atoms with E-state index < -0.39 is 5.97 Å². The van der Waals surface area contributed by atoms with Crippen molar-refractivity contribution in [1.82, 2.24) is 20.2 Å². The molecule has 0 unspecified atom stereocenters. The van der Waals surface area contributed by atoms with Crippen LogP contribution in [0.1, 0.15) is 15.9 Å². The van der Waals surface area contributed by atoms with Crippen LogP contribution in [0.3, 0.4) is 0 Å². The van der Waals surface area contributed by atoms with Gasteiger partial charge in [-0.1, -0.05) is 30.0 Å². The second-order valence-electron chi connectivity index (χ2n) is 4.48. The molecule has 0 atom stereocenters. The number of carboxylic acids is 1. The molecular formula is C15H12N4O2S. The number of pyridine rings is 1. The Morgan fingerprint density at radius 3 is 2.91 bits per heavy atom. The molecule has 7 heteroatoms. The summed E-state index contributed by atoms with van der Waals surface area (Å²) in [6, 6.07) is 12.4. The molecule has 3 rings (SSSR count). The standard InChI is InChI=1S/C15H12N4O2S/c20-14(21)11-5-3-4-10(8-11)9-22-15-17-13(18-19-15)12-6-1-2-7-16-12/h1-8H,9H2,(H,20,21)(H,17,18,19). The smallest absolute Gasteiger partial charge is 0.335 e. The van der Waals surface area contributed by atoms with E-state index in [1.807, 2.05) is 24.3 Å². The molecule has 0 saturated carbocycles. The van der Waals surface area contributed by atoms with Gasteiger partial charge in [0.15, 0.2) is 5.82 Å². The second-order valence-corrected chi connectivity index (χ2v) is 5.42. The quantitative estimate of drug-likeness (QED) is 0.704. The van der Waals surface area contributed by atoms with E-state index in [1.54, 1.807) is 24.4 Å². The van der Waals surface area contributed by atoms with Crippen LogP contribution in [-0.4, -0.2) is 31.2 Å². The molecule has 0 radical (unpaired) electrons. The molecular weight excluding hydrogens is 300 g/mol. The maximum Gasteiger partial charge on any atom is 0.335 e. The summed E-state index contributed by atoms with van der Waals surface area (Å²) in [5.74, 6) is 0.283. The Kier molecular flexibility index (Phi) is 4.15. The highest BCUT2D eigenvalue weighted by Gasteiger charge is 2.08. The normalized spacial score (nSPS) is 10.5. The van der Waals surface area contributed by atoms with Crippen LogP contribution in [0.25, 0.3) is 11.5 Å². The average Bonchev–Trinajstić information content (AvgIpc) is 3.03. The number of carboxylic acid groups (broad SMARTS) is 1. The molecule has 22 heavy (non-hydrogen) atoms. The summed E-state index contributed by atoms with van der Waals surface area (Å²) in [5.41, 5.74) is 1.92. The van der Waals surface area contributed by atoms with Gasteiger partial charge in [0.25, 0.3) is 0 Å². The predicted octanol–water partition coefficient (Wildman–Crippen LogP) is 2.86. The summed E-state index contributed by atoms with van der Waals surface area (Å²) in [4.78, 5) is 19.5. The first-order valence-corrected chi connectivity index (χ1v) is 7.50. The third-order valence-corrected chi connectivity index (χ3v) is 3.83. The number of thioether (sulfide) groups is 1. The average molecular weight is 312 g/mol. The highest BCUT2D eigenvalue weighted by atomic mass is 32.2. The first-order chi connectivity index (χ1) is 10.7. The zero-order valence-corrected chi connectivity index (χ0v) is 12.2. The minimum Gasteiger partial charge on any atom is -0.478 e. The SMILES string of the molecule is O=C(O)c1cccc(CSc2n[nH]c(-c3ccccn3)n2)c1. The lowest BCUT2D eigenvalue weighted by Crippen LogP contribution is -1.96. The van der Waals surface area contributed by atoms with Gasteiger partial charge in [-0.15, -0.1) is 5.10 Å². The molecule has 0 fully saturated rings. The van der Waals surface area contributed by atoms with Crippen LogP contribution in [0.4, 0.5) is 0 Å². The van der Waals surface area contributed by atoms with Gasteiger partial charge in [0.2, 0.25) is 5.16 Å². The van der Waals surface area contributed by atoms with Crippen molar-refractivity contribution in [2.24, 2.45) is 0 Å². The number of H-pyrrole nitrogens is 1. The van der Waals surface area contributed by atoms with E-state index >= 15 is 0 Å². The van der Waals surface area contributed by atoms with Crippen LogP contribution < -0.4 is 0 Å². The Balaban J connectivity index is 1.69. The molecule has 3 aromatic rings. The maximum absolute atomic E-state index is 10.9. The summed E-state index contributed by atoms with van der Waals surface area (Å²) in [7, 11) is 0. The predicted molar refractivity (Wildman–Crippen MR) is 82.6 cm³/mol. The third-order valence-electron chi connectivity index (χ3n) is 2.91. The van der Waals surface area contributed by atoms with Crippen LogP contribution in [0, 0.1) is 0 Å². The Hall–Kier alpha value is -2.67. The van der Waals surface area contributed by atoms with E-state index in [9.17, 15) is 4.79 Å². The minimum atomic E-state index is -0.929. The fourth-order valence-corrected chi connectivity index (χ4v) is 2.61. The largest absolute Gasteiger partial charge is 0.478 e. The molecule has 0 aliphatic heterocycles. The number of hydrogen-bond donors (Lipinski definition) is 2. The molecule has 110 valence electrons. The zero-order valence-electron chi connectivity index (χ0n) is 11.4. The molecule has 0 saturated heterocycles. The topological polar surface area (TPSA) is 91.8 Å². The van der Waals surface area contributed by atoms with Crippen molar-refractivity contribution in [2.45, 2.75) is 10.9 Å². The Morgan fingerprint density at radius 1 is 1.23 bits per heavy atom. The van der Waals surface area contributed by atoms with Gasteiger partial charge in [-0.3, -0.25) is 10.1 Å². The van der Waals surface area contributed by atoms with Crippen molar-refractivity contribution in [3.8, 4) is 11.5 Å². The van der Waals surface area contributed by atoms with E-state index in [0.29, 0.717) is 16.7 Å². The van der Waals surface area contributed by atoms with Gasteiger partial charge in [0.1, 0.15) is 5.69 Å². The van der Waals surface area contributed by atoms with E-state index in [-0.39, 0.29) is 5.56 Å². The number of aromatic nitrogens is 4. The van der Waals surface area contributed by atoms with Crippen molar-refractivity contribution in [2.75, 3.05) is 0 Å². The number of nitrogens with zero attached hydrogens (tertiary/aromatic N) is 3. The molecule has 0 bridgehead atoms. The summed E-state index contributed by atoms with van der Waals surface area (Å²) < 4.78 is 0. The highest BCUT2D eigenvalue weighted by Crippen LogP contribution is 2.21. The number of aromatic amines is 1. The lowest BCUT2D eigenvalue weighted by atomic mass is 10.1. The van der Waals surface area contributed by atoms with Crippen LogP contribution in [0.5, 0.6) is 0 Å². The second kappa shape index (κ2) is 6.40. The van der Waals surface area contributed by atoms with Crippen LogP contribution >= 0.6 is 11.8 Å². The molecule has 6 nitrogen and oxygen atoms in total. The molecule has 2 aromatic heterocycles. The van der Waals surface area contributed by atoms with Gasteiger partial charge in [-0.2, -0.15) is 4.98 Å². The van der Waals surface area contributed by atoms with Gasteiger partial charge in [-0.05, 0) is 29.8 Å².